The molecule has 0 aromatic carbocycles. The van der Waals surface area contributed by atoms with Crippen LogP contribution in [0.3, 0.4) is 0 Å². The molecular formula is C21H28N6O. The van der Waals surface area contributed by atoms with Crippen molar-refractivity contribution >= 4 is 11.8 Å². The van der Waals surface area contributed by atoms with Gasteiger partial charge in [0.05, 0.1) is 11.8 Å². The van der Waals surface area contributed by atoms with Crippen LogP contribution in [0.4, 0.5) is 11.8 Å². The molecule has 0 amide bonds. The van der Waals surface area contributed by atoms with E-state index in [-0.39, 0.29) is 6.04 Å². The number of aliphatic hydroxyl groups is 1. The predicted molar refractivity (Wildman–Crippen MR) is 109 cm³/mol. The zero-order valence-electron chi connectivity index (χ0n) is 16.7. The standard InChI is InChI=1S/C21H28N6O/c1-14(2)18-15(5-4-10-23-18)12-24-20-25-13-16(11-22)19(27-20)26-17-6-8-21(3,28)9-7-17/h4-5,10,13-14,17,28H,6-9,12H2,1-3H3,(H2,24,25,26,27)/t17-,21+. The first-order valence-electron chi connectivity index (χ1n) is 9.81. The minimum atomic E-state index is -0.591. The van der Waals surface area contributed by atoms with E-state index in [2.05, 4.69) is 45.5 Å². The minimum absolute atomic E-state index is 0.195. The second-order valence-electron chi connectivity index (χ2n) is 8.04. The Hall–Kier alpha value is -2.72. The predicted octanol–water partition coefficient (Wildman–Crippen LogP) is 3.58. The molecule has 0 spiro atoms. The maximum atomic E-state index is 10.1. The number of hydrogen-bond acceptors (Lipinski definition) is 7. The van der Waals surface area contributed by atoms with Crippen LogP contribution in [-0.2, 0) is 6.54 Å². The molecule has 28 heavy (non-hydrogen) atoms. The van der Waals surface area contributed by atoms with Gasteiger partial charge >= 0.3 is 0 Å². The lowest BCUT2D eigenvalue weighted by Gasteiger charge is -2.33. The van der Waals surface area contributed by atoms with E-state index in [0.29, 0.717) is 29.8 Å². The minimum Gasteiger partial charge on any atom is -0.390 e. The second-order valence-corrected chi connectivity index (χ2v) is 8.04. The van der Waals surface area contributed by atoms with E-state index in [4.69, 9.17) is 0 Å². The molecule has 2 aromatic rings. The summed E-state index contributed by atoms with van der Waals surface area (Å²) >= 11 is 0. The van der Waals surface area contributed by atoms with E-state index in [1.807, 2.05) is 19.1 Å². The van der Waals surface area contributed by atoms with Crippen molar-refractivity contribution in [3.8, 4) is 6.07 Å². The summed E-state index contributed by atoms with van der Waals surface area (Å²) in [5, 5.41) is 26.1. The molecule has 0 aliphatic heterocycles. The van der Waals surface area contributed by atoms with E-state index in [0.717, 1.165) is 36.9 Å². The van der Waals surface area contributed by atoms with Gasteiger partial charge in [0, 0.05) is 24.5 Å². The lowest BCUT2D eigenvalue weighted by Crippen LogP contribution is -2.36. The third-order valence-electron chi connectivity index (χ3n) is 5.22. The van der Waals surface area contributed by atoms with Crippen molar-refractivity contribution in [1.29, 1.82) is 5.26 Å². The maximum Gasteiger partial charge on any atom is 0.224 e. The van der Waals surface area contributed by atoms with Crippen molar-refractivity contribution in [3.63, 3.8) is 0 Å². The summed E-state index contributed by atoms with van der Waals surface area (Å²) in [4.78, 5) is 13.3. The van der Waals surface area contributed by atoms with Crippen LogP contribution in [0.25, 0.3) is 0 Å². The smallest absolute Gasteiger partial charge is 0.224 e. The van der Waals surface area contributed by atoms with Crippen LogP contribution in [0, 0.1) is 11.3 Å². The SMILES string of the molecule is CC(C)c1ncccc1CNc1ncc(C#N)c(N[C@H]2CC[C@@](C)(O)CC2)n1. The molecule has 0 saturated heterocycles. The van der Waals surface area contributed by atoms with E-state index >= 15 is 0 Å². The molecule has 0 unspecified atom stereocenters. The van der Waals surface area contributed by atoms with Crippen molar-refractivity contribution in [3.05, 3.63) is 41.3 Å². The highest BCUT2D eigenvalue weighted by Gasteiger charge is 2.29. The van der Waals surface area contributed by atoms with Crippen LogP contribution in [0.1, 0.15) is 69.2 Å². The fraction of sp³-hybridized carbons (Fsp3) is 0.524. The van der Waals surface area contributed by atoms with Crippen molar-refractivity contribution in [2.75, 3.05) is 10.6 Å². The number of nitriles is 1. The molecule has 1 aliphatic rings. The van der Waals surface area contributed by atoms with Crippen molar-refractivity contribution in [2.45, 2.75) is 70.6 Å². The van der Waals surface area contributed by atoms with Gasteiger partial charge < -0.3 is 15.7 Å². The van der Waals surface area contributed by atoms with Gasteiger partial charge in [-0.25, -0.2) is 4.98 Å². The van der Waals surface area contributed by atoms with Crippen LogP contribution in [0.15, 0.2) is 24.5 Å². The fourth-order valence-electron chi connectivity index (χ4n) is 3.53. The number of pyridine rings is 1. The molecule has 2 heterocycles. The first kappa shape index (κ1) is 20.0. The molecule has 1 saturated carbocycles. The van der Waals surface area contributed by atoms with E-state index in [9.17, 15) is 10.4 Å². The quantitative estimate of drug-likeness (QED) is 0.703. The first-order valence-corrected chi connectivity index (χ1v) is 9.81. The molecule has 1 aliphatic carbocycles. The van der Waals surface area contributed by atoms with Gasteiger partial charge in [-0.05, 0) is 50.2 Å². The maximum absolute atomic E-state index is 10.1. The molecule has 3 rings (SSSR count). The molecule has 3 N–H and O–H groups in total. The van der Waals surface area contributed by atoms with Crippen LogP contribution < -0.4 is 10.6 Å². The zero-order valence-corrected chi connectivity index (χ0v) is 16.7. The van der Waals surface area contributed by atoms with Gasteiger partial charge in [-0.3, -0.25) is 4.98 Å². The summed E-state index contributed by atoms with van der Waals surface area (Å²) in [6, 6.07) is 6.32. The molecule has 148 valence electrons. The molecule has 0 atom stereocenters. The number of anilines is 2. The Labute approximate surface area is 166 Å². The van der Waals surface area contributed by atoms with E-state index < -0.39 is 5.60 Å². The highest BCUT2D eigenvalue weighted by Crippen LogP contribution is 2.30. The van der Waals surface area contributed by atoms with Crippen LogP contribution in [-0.4, -0.2) is 31.7 Å². The topological polar surface area (TPSA) is 107 Å². The van der Waals surface area contributed by atoms with Gasteiger partial charge in [-0.2, -0.15) is 10.2 Å². The van der Waals surface area contributed by atoms with Crippen LogP contribution in [0.5, 0.6) is 0 Å². The average Bonchev–Trinajstić information content (AvgIpc) is 2.68. The molecule has 0 radical (unpaired) electrons. The third kappa shape index (κ3) is 4.96. The highest BCUT2D eigenvalue weighted by atomic mass is 16.3. The summed E-state index contributed by atoms with van der Waals surface area (Å²) in [6.45, 7) is 6.68. The Kier molecular flexibility index (Phi) is 6.10. The van der Waals surface area contributed by atoms with E-state index in [1.54, 1.807) is 12.4 Å². The van der Waals surface area contributed by atoms with Crippen LogP contribution in [0.2, 0.25) is 0 Å². The molecule has 2 aromatic heterocycles. The Bertz CT molecular complexity index is 848. The van der Waals surface area contributed by atoms with Gasteiger partial charge in [0.15, 0.2) is 0 Å². The number of nitrogens with one attached hydrogen (secondary N) is 2. The number of rotatable bonds is 6. The van der Waals surface area contributed by atoms with Crippen molar-refractivity contribution in [1.82, 2.24) is 15.0 Å². The van der Waals surface area contributed by atoms with Gasteiger partial charge in [0.25, 0.3) is 0 Å². The molecule has 0 bridgehead atoms. The summed E-state index contributed by atoms with van der Waals surface area (Å²) in [5.74, 6) is 1.35. The second kappa shape index (κ2) is 8.53. The van der Waals surface area contributed by atoms with Gasteiger partial charge in [0.1, 0.15) is 17.5 Å². The molecule has 7 heteroatoms. The van der Waals surface area contributed by atoms with Crippen molar-refractivity contribution in [2.24, 2.45) is 0 Å². The normalized spacial score (nSPS) is 21.9. The Morgan fingerprint density at radius 2 is 2.07 bits per heavy atom. The summed E-state index contributed by atoms with van der Waals surface area (Å²) in [7, 11) is 0. The number of hydrogen-bond donors (Lipinski definition) is 3. The Morgan fingerprint density at radius 1 is 1.32 bits per heavy atom. The lowest BCUT2D eigenvalue weighted by atomic mass is 9.83. The monoisotopic (exact) mass is 380 g/mol. The number of nitrogens with zero attached hydrogens (tertiary/aromatic N) is 4. The van der Waals surface area contributed by atoms with E-state index in [1.165, 1.54) is 0 Å². The largest absolute Gasteiger partial charge is 0.390 e. The molecular weight excluding hydrogens is 352 g/mol. The fourth-order valence-corrected chi connectivity index (χ4v) is 3.53. The Balaban J connectivity index is 1.70. The lowest BCUT2D eigenvalue weighted by molar-refractivity contribution is 0.0196. The zero-order chi connectivity index (χ0) is 20.1. The van der Waals surface area contributed by atoms with Gasteiger partial charge in [-0.15, -0.1) is 0 Å². The summed E-state index contributed by atoms with van der Waals surface area (Å²) in [5.41, 5.74) is 1.99. The highest BCUT2D eigenvalue weighted by molar-refractivity contribution is 5.54. The van der Waals surface area contributed by atoms with Gasteiger partial charge in [-0.1, -0.05) is 19.9 Å². The van der Waals surface area contributed by atoms with Crippen LogP contribution >= 0.6 is 0 Å². The first-order chi connectivity index (χ1) is 13.4. The Morgan fingerprint density at radius 3 is 2.75 bits per heavy atom. The van der Waals surface area contributed by atoms with Gasteiger partial charge in [0.2, 0.25) is 5.95 Å². The summed E-state index contributed by atoms with van der Waals surface area (Å²) in [6.07, 6.45) is 6.52. The third-order valence-corrected chi connectivity index (χ3v) is 5.22. The summed E-state index contributed by atoms with van der Waals surface area (Å²) < 4.78 is 0. The van der Waals surface area contributed by atoms with Crippen molar-refractivity contribution < 1.29 is 5.11 Å². The number of aromatic nitrogens is 3. The molecule has 7 nitrogen and oxygen atoms in total. The molecule has 1 fully saturated rings. The average molecular weight is 380 g/mol.